The fourth-order valence-corrected chi connectivity index (χ4v) is 3.40. The Morgan fingerprint density at radius 2 is 1.29 bits per heavy atom. The van der Waals surface area contributed by atoms with Gasteiger partial charge < -0.3 is 10.7 Å². The predicted molar refractivity (Wildman–Crippen MR) is 84.1 cm³/mol. The van der Waals surface area contributed by atoms with Gasteiger partial charge in [-0.3, -0.25) is 0 Å². The van der Waals surface area contributed by atoms with Crippen LogP contribution in [0.2, 0.25) is 0 Å². The molecule has 1 heterocycles. The van der Waals surface area contributed by atoms with E-state index < -0.39 is 0 Å². The molecule has 3 N–H and O–H groups in total. The monoisotopic (exact) mass is 275 g/mol. The molecule has 3 aromatic rings. The normalized spacial score (nSPS) is 23.9. The predicted octanol–water partition coefficient (Wildman–Crippen LogP) is 3.66. The SMILES string of the molecule is Nc1ncc([C@H]2[C@H](c3ccccc3)[C@@H]2c2ccccc2)[nH]1. The van der Waals surface area contributed by atoms with Gasteiger partial charge in [-0.2, -0.15) is 0 Å². The Kier molecular flexibility index (Phi) is 2.78. The summed E-state index contributed by atoms with van der Waals surface area (Å²) >= 11 is 0. The van der Waals surface area contributed by atoms with Crippen molar-refractivity contribution in [2.24, 2.45) is 0 Å². The summed E-state index contributed by atoms with van der Waals surface area (Å²) in [5.74, 6) is 1.91. The first-order valence-corrected chi connectivity index (χ1v) is 7.25. The van der Waals surface area contributed by atoms with Gasteiger partial charge in [-0.1, -0.05) is 60.7 Å². The van der Waals surface area contributed by atoms with Crippen LogP contribution >= 0.6 is 0 Å². The minimum atomic E-state index is 0.430. The molecule has 3 atom stereocenters. The molecule has 1 aliphatic carbocycles. The maximum Gasteiger partial charge on any atom is 0.197 e. The van der Waals surface area contributed by atoms with Crippen LogP contribution in [0.5, 0.6) is 0 Å². The molecule has 4 rings (SSSR count). The van der Waals surface area contributed by atoms with E-state index in [2.05, 4.69) is 70.6 Å². The number of nitrogen functional groups attached to an aromatic ring is 1. The molecule has 0 unspecified atom stereocenters. The van der Waals surface area contributed by atoms with Crippen LogP contribution in [0.3, 0.4) is 0 Å². The number of rotatable bonds is 3. The number of nitrogens with zero attached hydrogens (tertiary/aromatic N) is 1. The maximum atomic E-state index is 5.75. The summed E-state index contributed by atoms with van der Waals surface area (Å²) in [7, 11) is 0. The molecule has 0 amide bonds. The van der Waals surface area contributed by atoms with Crippen molar-refractivity contribution in [2.45, 2.75) is 17.8 Å². The van der Waals surface area contributed by atoms with Crippen molar-refractivity contribution >= 4 is 5.95 Å². The molecule has 1 aliphatic rings. The number of H-pyrrole nitrogens is 1. The Morgan fingerprint density at radius 1 is 0.762 bits per heavy atom. The van der Waals surface area contributed by atoms with Crippen LogP contribution in [0.15, 0.2) is 66.9 Å². The summed E-state index contributed by atoms with van der Waals surface area (Å²) in [5.41, 5.74) is 9.64. The van der Waals surface area contributed by atoms with Gasteiger partial charge in [-0.15, -0.1) is 0 Å². The zero-order valence-electron chi connectivity index (χ0n) is 11.6. The van der Waals surface area contributed by atoms with E-state index in [1.54, 1.807) is 0 Å². The van der Waals surface area contributed by atoms with Gasteiger partial charge in [0.15, 0.2) is 5.95 Å². The Balaban J connectivity index is 1.73. The quantitative estimate of drug-likeness (QED) is 0.766. The Hall–Kier alpha value is -2.55. The highest BCUT2D eigenvalue weighted by Gasteiger charge is 2.53. The third kappa shape index (κ3) is 2.11. The van der Waals surface area contributed by atoms with Crippen molar-refractivity contribution in [1.82, 2.24) is 9.97 Å². The highest BCUT2D eigenvalue weighted by Crippen LogP contribution is 2.65. The standard InChI is InChI=1S/C18H17N3/c19-18-20-11-14(21-18)17-15(12-7-3-1-4-8-12)16(17)13-9-5-2-6-10-13/h1-11,15-17H,(H3,19,20,21)/t15-,16+,17+. The fraction of sp³-hybridized carbons (Fsp3) is 0.167. The molecule has 3 heteroatoms. The first kappa shape index (κ1) is 12.2. The van der Waals surface area contributed by atoms with E-state index in [0.29, 0.717) is 23.7 Å². The van der Waals surface area contributed by atoms with Gasteiger partial charge in [0.05, 0.1) is 6.20 Å². The summed E-state index contributed by atoms with van der Waals surface area (Å²) in [4.78, 5) is 7.36. The Labute approximate surface area is 123 Å². The molecule has 0 bridgehead atoms. The van der Waals surface area contributed by atoms with E-state index in [1.165, 1.54) is 11.1 Å². The second-order valence-corrected chi connectivity index (χ2v) is 5.62. The van der Waals surface area contributed by atoms with Crippen LogP contribution in [0, 0.1) is 0 Å². The van der Waals surface area contributed by atoms with Crippen molar-refractivity contribution in [3.05, 3.63) is 83.7 Å². The van der Waals surface area contributed by atoms with Crippen LogP contribution in [0.1, 0.15) is 34.6 Å². The van der Waals surface area contributed by atoms with Gasteiger partial charge in [0, 0.05) is 23.4 Å². The molecule has 0 saturated heterocycles. The number of nitrogens with one attached hydrogen (secondary N) is 1. The Bertz CT molecular complexity index is 688. The molecule has 1 fully saturated rings. The number of aromatic nitrogens is 2. The summed E-state index contributed by atoms with van der Waals surface area (Å²) in [6.45, 7) is 0. The average Bonchev–Trinajstić information content (AvgIpc) is 3.15. The first-order chi connectivity index (χ1) is 10.3. The molecule has 2 aromatic carbocycles. The largest absolute Gasteiger partial charge is 0.369 e. The number of nitrogens with two attached hydrogens (primary N) is 1. The van der Waals surface area contributed by atoms with Crippen LogP contribution < -0.4 is 5.73 Å². The van der Waals surface area contributed by atoms with Gasteiger partial charge in [0.2, 0.25) is 0 Å². The molecule has 0 aliphatic heterocycles. The molecule has 0 spiro atoms. The first-order valence-electron chi connectivity index (χ1n) is 7.25. The van der Waals surface area contributed by atoms with Crippen molar-refractivity contribution in [3.8, 4) is 0 Å². The average molecular weight is 275 g/mol. The smallest absolute Gasteiger partial charge is 0.197 e. The molecule has 3 nitrogen and oxygen atoms in total. The molecule has 1 saturated carbocycles. The van der Waals surface area contributed by atoms with E-state index in [0.717, 1.165) is 5.69 Å². The molecular formula is C18H17N3. The van der Waals surface area contributed by atoms with Crippen LogP contribution in [-0.4, -0.2) is 9.97 Å². The number of hydrogen-bond acceptors (Lipinski definition) is 2. The van der Waals surface area contributed by atoms with E-state index >= 15 is 0 Å². The second kappa shape index (κ2) is 4.77. The second-order valence-electron chi connectivity index (χ2n) is 5.62. The molecule has 104 valence electrons. The number of imidazole rings is 1. The van der Waals surface area contributed by atoms with Crippen LogP contribution in [0.4, 0.5) is 5.95 Å². The van der Waals surface area contributed by atoms with Crippen molar-refractivity contribution in [3.63, 3.8) is 0 Å². The zero-order chi connectivity index (χ0) is 14.2. The van der Waals surface area contributed by atoms with E-state index in [1.807, 2.05) is 6.20 Å². The van der Waals surface area contributed by atoms with Crippen LogP contribution in [-0.2, 0) is 0 Å². The lowest BCUT2D eigenvalue weighted by molar-refractivity contribution is 0.976. The highest BCUT2D eigenvalue weighted by atomic mass is 15.0. The molecule has 21 heavy (non-hydrogen) atoms. The van der Waals surface area contributed by atoms with Crippen LogP contribution in [0.25, 0.3) is 0 Å². The Morgan fingerprint density at radius 3 is 1.71 bits per heavy atom. The number of aromatic amines is 1. The molecule has 0 radical (unpaired) electrons. The number of benzene rings is 2. The van der Waals surface area contributed by atoms with Gasteiger partial charge in [-0.05, 0) is 11.1 Å². The van der Waals surface area contributed by atoms with E-state index in [9.17, 15) is 0 Å². The third-order valence-corrected chi connectivity index (χ3v) is 4.36. The summed E-state index contributed by atoms with van der Waals surface area (Å²) in [5, 5.41) is 0. The van der Waals surface area contributed by atoms with E-state index in [-0.39, 0.29) is 0 Å². The number of anilines is 1. The minimum Gasteiger partial charge on any atom is -0.369 e. The third-order valence-electron chi connectivity index (χ3n) is 4.36. The zero-order valence-corrected chi connectivity index (χ0v) is 11.6. The van der Waals surface area contributed by atoms with Crippen molar-refractivity contribution in [1.29, 1.82) is 0 Å². The lowest BCUT2D eigenvalue weighted by Crippen LogP contribution is -1.88. The van der Waals surface area contributed by atoms with Crippen molar-refractivity contribution < 1.29 is 0 Å². The highest BCUT2D eigenvalue weighted by molar-refractivity contribution is 5.46. The molecule has 1 aromatic heterocycles. The van der Waals surface area contributed by atoms with Crippen molar-refractivity contribution in [2.75, 3.05) is 5.73 Å². The van der Waals surface area contributed by atoms with E-state index in [4.69, 9.17) is 5.73 Å². The number of hydrogen-bond donors (Lipinski definition) is 2. The van der Waals surface area contributed by atoms with Gasteiger partial charge in [0.1, 0.15) is 0 Å². The van der Waals surface area contributed by atoms with Gasteiger partial charge >= 0.3 is 0 Å². The van der Waals surface area contributed by atoms with Gasteiger partial charge in [-0.25, -0.2) is 4.98 Å². The summed E-state index contributed by atoms with van der Waals surface area (Å²) < 4.78 is 0. The lowest BCUT2D eigenvalue weighted by atomic mass is 10.0. The molecular weight excluding hydrogens is 258 g/mol. The summed E-state index contributed by atoms with van der Waals surface area (Å²) in [6, 6.07) is 21.4. The summed E-state index contributed by atoms with van der Waals surface area (Å²) in [6.07, 6.45) is 1.87. The minimum absolute atomic E-state index is 0.430. The maximum absolute atomic E-state index is 5.75. The lowest BCUT2D eigenvalue weighted by Gasteiger charge is -2.00. The van der Waals surface area contributed by atoms with Gasteiger partial charge in [0.25, 0.3) is 0 Å². The fourth-order valence-electron chi connectivity index (χ4n) is 3.40. The topological polar surface area (TPSA) is 54.7 Å².